The summed E-state index contributed by atoms with van der Waals surface area (Å²) >= 11 is 0. The summed E-state index contributed by atoms with van der Waals surface area (Å²) in [5.74, 6) is -0.721. The second-order valence-corrected chi connectivity index (χ2v) is 10.1. The van der Waals surface area contributed by atoms with Crippen LogP contribution < -0.4 is 5.73 Å². The molecule has 3 N–H and O–H groups in total. The van der Waals surface area contributed by atoms with Gasteiger partial charge in [0.05, 0.1) is 5.91 Å². The van der Waals surface area contributed by atoms with E-state index in [0.29, 0.717) is 11.5 Å². The van der Waals surface area contributed by atoms with Crippen LogP contribution in [0.5, 0.6) is 0 Å². The van der Waals surface area contributed by atoms with Crippen molar-refractivity contribution in [1.82, 2.24) is 0 Å². The Kier molecular flexibility index (Phi) is 12.1. The SMILES string of the molecule is Cc1ccc(C(C)C)cc1.[NH-]C(=O)c1ccc([S-](=O)=O)c([C@@H](c2ccccc2)[C@@H](N)c2ccccc2)c1.[Ru+2]. The molecule has 0 aliphatic carbocycles. The summed E-state index contributed by atoms with van der Waals surface area (Å²) in [7, 11) is -2.51. The molecule has 1 amide bonds. The van der Waals surface area contributed by atoms with Crippen molar-refractivity contribution in [3.8, 4) is 0 Å². The number of hydrogen-bond donors (Lipinski definition) is 1. The summed E-state index contributed by atoms with van der Waals surface area (Å²) in [5, 5.41) is 0. The third-order valence-corrected chi connectivity index (χ3v) is 6.96. The van der Waals surface area contributed by atoms with Crippen LogP contribution in [0.3, 0.4) is 0 Å². The van der Waals surface area contributed by atoms with Gasteiger partial charge in [0.15, 0.2) is 0 Å². The minimum Gasteiger partial charge on any atom is -0.664 e. The Bertz CT molecular complexity index is 1380. The number of aryl methyl sites for hydroxylation is 1. The van der Waals surface area contributed by atoms with Gasteiger partial charge < -0.3 is 24.7 Å². The molecular weight excluding hydrogens is 581 g/mol. The van der Waals surface area contributed by atoms with Crippen molar-refractivity contribution >= 4 is 16.6 Å². The molecule has 2 atom stereocenters. The third-order valence-electron chi connectivity index (χ3n) is 6.23. The van der Waals surface area contributed by atoms with Crippen molar-refractivity contribution in [3.05, 3.63) is 142 Å². The van der Waals surface area contributed by atoms with Gasteiger partial charge in [0.2, 0.25) is 0 Å². The minimum atomic E-state index is -2.51. The molecule has 0 spiro atoms. The Hall–Kier alpha value is -3.12. The standard InChI is InChI=1S/C21H19N2O3S.C10H14.Ru/c22-20(15-9-5-2-6-10-15)19(14-7-3-1-4-8-14)17-13-16(21(23)24)11-12-18(17)27(25)26;1-8(2)10-6-4-9(3)5-7-10;/h1-13,19-20H,22H2,(H2,23,24);4-8H,1-3H3;/q-1;;+2/p-1/t19-,20+;;/m1../s1. The number of rotatable bonds is 7. The van der Waals surface area contributed by atoms with Crippen molar-refractivity contribution in [2.45, 2.75) is 43.5 Å². The van der Waals surface area contributed by atoms with Crippen LogP contribution in [0.1, 0.15) is 69.9 Å². The van der Waals surface area contributed by atoms with Gasteiger partial charge >= 0.3 is 19.5 Å². The fourth-order valence-corrected chi connectivity index (χ4v) is 4.70. The van der Waals surface area contributed by atoms with E-state index in [1.807, 2.05) is 60.7 Å². The Morgan fingerprint density at radius 1 is 0.763 bits per heavy atom. The van der Waals surface area contributed by atoms with Gasteiger partial charge in [-0.1, -0.05) is 133 Å². The van der Waals surface area contributed by atoms with Gasteiger partial charge in [-0.05, 0) is 45.8 Å². The van der Waals surface area contributed by atoms with E-state index in [0.717, 1.165) is 11.1 Å². The van der Waals surface area contributed by atoms with Crippen LogP contribution in [-0.4, -0.2) is 5.91 Å². The van der Waals surface area contributed by atoms with Crippen LogP contribution in [0, 0.1) is 6.92 Å². The van der Waals surface area contributed by atoms with Crippen molar-refractivity contribution in [2.24, 2.45) is 5.73 Å². The van der Waals surface area contributed by atoms with Gasteiger partial charge in [-0.15, -0.1) is 0 Å². The van der Waals surface area contributed by atoms with Gasteiger partial charge in [0.25, 0.3) is 0 Å². The van der Waals surface area contributed by atoms with E-state index in [9.17, 15) is 13.2 Å². The van der Waals surface area contributed by atoms with E-state index >= 15 is 0 Å². The first-order valence-corrected chi connectivity index (χ1v) is 13.2. The molecule has 7 heteroatoms. The van der Waals surface area contributed by atoms with Crippen molar-refractivity contribution in [3.63, 3.8) is 0 Å². The van der Waals surface area contributed by atoms with E-state index in [1.54, 1.807) is 0 Å². The molecule has 38 heavy (non-hydrogen) atoms. The molecule has 4 rings (SSSR count). The summed E-state index contributed by atoms with van der Waals surface area (Å²) in [4.78, 5) is 11.6. The molecule has 4 aromatic rings. The smallest absolute Gasteiger partial charge is 0.664 e. The molecule has 0 unspecified atom stereocenters. The van der Waals surface area contributed by atoms with Crippen LogP contribution in [0.25, 0.3) is 5.73 Å². The Morgan fingerprint density at radius 3 is 1.76 bits per heavy atom. The molecular formula is C31H32N2O3RuS. The molecule has 0 saturated carbocycles. The number of benzene rings is 4. The van der Waals surface area contributed by atoms with E-state index in [2.05, 4.69) is 45.0 Å². The zero-order valence-corrected chi connectivity index (χ0v) is 24.2. The Balaban J connectivity index is 0.000000389. The average molecular weight is 614 g/mol. The molecule has 0 aliphatic heterocycles. The maximum atomic E-state index is 11.8. The summed E-state index contributed by atoms with van der Waals surface area (Å²) in [6, 6.07) is 31.0. The van der Waals surface area contributed by atoms with E-state index in [1.165, 1.54) is 29.3 Å². The van der Waals surface area contributed by atoms with Crippen LogP contribution in [0.2, 0.25) is 0 Å². The number of nitrogens with one attached hydrogen (secondary N) is 1. The van der Waals surface area contributed by atoms with Crippen LogP contribution >= 0.6 is 0 Å². The van der Waals surface area contributed by atoms with E-state index in [-0.39, 0.29) is 29.9 Å². The molecule has 0 heterocycles. The molecule has 0 aromatic heterocycles. The number of carbonyl (C=O) groups is 1. The second-order valence-electron chi connectivity index (χ2n) is 9.21. The largest absolute Gasteiger partial charge is 2.00 e. The maximum Gasteiger partial charge on any atom is 2.00 e. The zero-order valence-electron chi connectivity index (χ0n) is 21.6. The predicted octanol–water partition coefficient (Wildman–Crippen LogP) is 7.50. The molecule has 0 radical (unpaired) electrons. The van der Waals surface area contributed by atoms with Crippen LogP contribution in [0.15, 0.2) is 108 Å². The molecule has 5 nitrogen and oxygen atoms in total. The van der Waals surface area contributed by atoms with Gasteiger partial charge in [-0.3, -0.25) is 0 Å². The molecule has 0 fully saturated rings. The summed E-state index contributed by atoms with van der Waals surface area (Å²) in [5.41, 5.74) is 18.9. The van der Waals surface area contributed by atoms with Crippen molar-refractivity contribution < 1.29 is 32.7 Å². The zero-order chi connectivity index (χ0) is 26.9. The monoisotopic (exact) mass is 614 g/mol. The summed E-state index contributed by atoms with van der Waals surface area (Å²) in [6.07, 6.45) is 0. The van der Waals surface area contributed by atoms with Crippen molar-refractivity contribution in [1.29, 1.82) is 0 Å². The van der Waals surface area contributed by atoms with Crippen LogP contribution in [-0.2, 0) is 38.6 Å². The van der Waals surface area contributed by atoms with Gasteiger partial charge in [0.1, 0.15) is 0 Å². The molecule has 4 aromatic carbocycles. The van der Waals surface area contributed by atoms with E-state index < -0.39 is 28.6 Å². The number of hydrogen-bond acceptors (Lipinski definition) is 5. The normalized spacial score (nSPS) is 12.2. The second kappa shape index (κ2) is 14.7. The van der Waals surface area contributed by atoms with Crippen molar-refractivity contribution in [2.75, 3.05) is 0 Å². The topological polar surface area (TPSA) is 101 Å². The molecule has 198 valence electrons. The van der Waals surface area contributed by atoms with Gasteiger partial charge in [-0.2, -0.15) is 0 Å². The quantitative estimate of drug-likeness (QED) is 0.172. The third kappa shape index (κ3) is 8.19. The fraction of sp³-hybridized carbons (Fsp3) is 0.194. The number of nitrogens with two attached hydrogens (primary N) is 1. The average Bonchev–Trinajstić information content (AvgIpc) is 2.90. The minimum absolute atomic E-state index is 0. The van der Waals surface area contributed by atoms with Gasteiger partial charge in [0, 0.05) is 12.0 Å². The summed E-state index contributed by atoms with van der Waals surface area (Å²) < 4.78 is 23.7. The predicted molar refractivity (Wildman–Crippen MR) is 149 cm³/mol. The number of carbonyl (C=O) groups excluding carboxylic acids is 1. The fourth-order valence-electron chi connectivity index (χ4n) is 4.14. The Labute approximate surface area is 240 Å². The Morgan fingerprint density at radius 2 is 1.29 bits per heavy atom. The molecule has 0 aliphatic rings. The van der Waals surface area contributed by atoms with E-state index in [4.69, 9.17) is 11.5 Å². The maximum absolute atomic E-state index is 11.8. The first kappa shape index (κ1) is 31.1. The first-order chi connectivity index (χ1) is 17.7. The molecule has 0 bridgehead atoms. The summed E-state index contributed by atoms with van der Waals surface area (Å²) in [6.45, 7) is 6.54. The van der Waals surface area contributed by atoms with Crippen LogP contribution in [0.4, 0.5) is 0 Å². The van der Waals surface area contributed by atoms with Gasteiger partial charge in [-0.25, -0.2) is 0 Å². The number of amides is 1. The first-order valence-electron chi connectivity index (χ1n) is 12.1. The molecule has 0 saturated heterocycles.